The minimum absolute atomic E-state index is 0.0965. The Labute approximate surface area is 107 Å². The number of carbonyl (C=O) groups is 1. The number of carbonyl (C=O) groups excluding carboxylic acids is 1. The molecular weight excluding hydrogens is 229 g/mol. The molecule has 3 atom stereocenters. The Kier molecular flexibility index (Phi) is 2.94. The van der Waals surface area contributed by atoms with Gasteiger partial charge in [-0.05, 0) is 57.0 Å². The van der Waals surface area contributed by atoms with Crippen LogP contribution in [0, 0.1) is 11.7 Å². The van der Waals surface area contributed by atoms with Gasteiger partial charge in [-0.2, -0.15) is 0 Å². The third-order valence-electron chi connectivity index (χ3n) is 4.64. The van der Waals surface area contributed by atoms with E-state index in [1.54, 1.807) is 12.1 Å². The Hall–Kier alpha value is -1.22. The maximum atomic E-state index is 12.9. The van der Waals surface area contributed by atoms with E-state index in [0.717, 1.165) is 19.3 Å². The van der Waals surface area contributed by atoms with Gasteiger partial charge >= 0.3 is 0 Å². The molecule has 0 aromatic heterocycles. The van der Waals surface area contributed by atoms with Gasteiger partial charge in [-0.15, -0.1) is 0 Å². The largest absolute Gasteiger partial charge is 0.300 e. The summed E-state index contributed by atoms with van der Waals surface area (Å²) in [6.07, 6.45) is 4.44. The smallest absolute Gasteiger partial charge is 0.167 e. The van der Waals surface area contributed by atoms with E-state index in [2.05, 4.69) is 11.9 Å². The molecule has 1 aromatic carbocycles. The maximum absolute atomic E-state index is 12.9. The number of fused-ring (bicyclic) bond motifs is 2. The summed E-state index contributed by atoms with van der Waals surface area (Å²) in [5.74, 6) is -0.000321. The van der Waals surface area contributed by atoms with Crippen LogP contribution in [0.3, 0.4) is 0 Å². The molecule has 2 nitrogen and oxygen atoms in total. The van der Waals surface area contributed by atoms with Crippen molar-refractivity contribution in [1.29, 1.82) is 0 Å². The number of Topliss-reactive ketones (excluding diaryl/α,β-unsaturated/α-hetero) is 1. The first-order chi connectivity index (χ1) is 8.66. The van der Waals surface area contributed by atoms with Gasteiger partial charge < -0.3 is 0 Å². The Morgan fingerprint density at radius 1 is 1.17 bits per heavy atom. The lowest BCUT2D eigenvalue weighted by molar-refractivity contribution is 0.0712. The predicted octanol–water partition coefficient (Wildman–Crippen LogP) is 2.88. The molecule has 18 heavy (non-hydrogen) atoms. The molecule has 2 aliphatic rings. The van der Waals surface area contributed by atoms with Gasteiger partial charge in [-0.1, -0.05) is 0 Å². The Morgan fingerprint density at radius 2 is 1.83 bits per heavy atom. The number of nitrogens with zero attached hydrogens (tertiary/aromatic N) is 1. The minimum Gasteiger partial charge on any atom is -0.300 e. The quantitative estimate of drug-likeness (QED) is 0.749. The predicted molar refractivity (Wildman–Crippen MR) is 68.0 cm³/mol. The van der Waals surface area contributed by atoms with E-state index >= 15 is 0 Å². The van der Waals surface area contributed by atoms with Gasteiger partial charge in [0.25, 0.3) is 0 Å². The second-order valence-corrected chi connectivity index (χ2v) is 5.52. The molecule has 0 saturated carbocycles. The summed E-state index contributed by atoms with van der Waals surface area (Å²) in [6, 6.07) is 7.03. The van der Waals surface area contributed by atoms with E-state index in [-0.39, 0.29) is 17.5 Å². The molecule has 2 aliphatic heterocycles. The number of hydrogen-bond donors (Lipinski definition) is 0. The molecule has 3 rings (SSSR count). The van der Waals surface area contributed by atoms with Crippen LogP contribution in [0.4, 0.5) is 4.39 Å². The van der Waals surface area contributed by atoms with Gasteiger partial charge in [0.05, 0.1) is 0 Å². The van der Waals surface area contributed by atoms with Crippen molar-refractivity contribution in [2.45, 2.75) is 37.8 Å². The van der Waals surface area contributed by atoms with Crippen LogP contribution in [0.15, 0.2) is 24.3 Å². The Bertz CT molecular complexity index is 456. The first kappa shape index (κ1) is 11.8. The molecule has 2 fully saturated rings. The zero-order valence-corrected chi connectivity index (χ0v) is 10.6. The molecule has 2 bridgehead atoms. The van der Waals surface area contributed by atoms with Gasteiger partial charge in [-0.25, -0.2) is 4.39 Å². The number of hydrogen-bond acceptors (Lipinski definition) is 2. The van der Waals surface area contributed by atoms with Crippen LogP contribution in [0.5, 0.6) is 0 Å². The highest BCUT2D eigenvalue weighted by Crippen LogP contribution is 2.39. The average molecular weight is 247 g/mol. The summed E-state index contributed by atoms with van der Waals surface area (Å²) in [5, 5.41) is 0. The van der Waals surface area contributed by atoms with Crippen molar-refractivity contribution in [3.63, 3.8) is 0 Å². The lowest BCUT2D eigenvalue weighted by Crippen LogP contribution is -2.44. The molecular formula is C15H18FNO. The number of ketones is 1. The molecule has 2 heterocycles. The highest BCUT2D eigenvalue weighted by atomic mass is 19.1. The molecule has 1 aromatic rings. The molecule has 3 unspecified atom stereocenters. The third-order valence-corrected chi connectivity index (χ3v) is 4.64. The van der Waals surface area contributed by atoms with Crippen LogP contribution in [0.25, 0.3) is 0 Å². The lowest BCUT2D eigenvalue weighted by atomic mass is 9.84. The Balaban J connectivity index is 1.82. The fraction of sp³-hybridized carbons (Fsp3) is 0.533. The van der Waals surface area contributed by atoms with Crippen LogP contribution in [0.1, 0.15) is 36.0 Å². The fourth-order valence-corrected chi connectivity index (χ4v) is 3.57. The Morgan fingerprint density at radius 3 is 2.56 bits per heavy atom. The maximum Gasteiger partial charge on any atom is 0.167 e. The highest BCUT2D eigenvalue weighted by Gasteiger charge is 2.43. The SMILES string of the molecule is CN1C2CCC(C(=O)c3ccc(F)cc3)C1CC2. The number of rotatable bonds is 2. The van der Waals surface area contributed by atoms with E-state index in [4.69, 9.17) is 0 Å². The summed E-state index contributed by atoms with van der Waals surface area (Å²) in [7, 11) is 2.13. The first-order valence-corrected chi connectivity index (χ1v) is 6.68. The van der Waals surface area contributed by atoms with Gasteiger partial charge in [0.2, 0.25) is 0 Å². The summed E-state index contributed by atoms with van der Waals surface area (Å²) in [5.41, 5.74) is 0.653. The molecule has 0 N–H and O–H groups in total. The normalized spacial score (nSPS) is 31.6. The second-order valence-electron chi connectivity index (χ2n) is 5.52. The summed E-state index contributed by atoms with van der Waals surface area (Å²) >= 11 is 0. The molecule has 0 spiro atoms. The van der Waals surface area contributed by atoms with E-state index in [1.165, 1.54) is 18.6 Å². The number of piperidine rings is 1. The topological polar surface area (TPSA) is 20.3 Å². The molecule has 0 amide bonds. The number of benzene rings is 1. The molecule has 96 valence electrons. The second kappa shape index (κ2) is 4.47. The lowest BCUT2D eigenvalue weighted by Gasteiger charge is -2.36. The zero-order valence-electron chi connectivity index (χ0n) is 10.6. The van der Waals surface area contributed by atoms with Crippen LogP contribution < -0.4 is 0 Å². The van der Waals surface area contributed by atoms with Gasteiger partial charge in [-0.3, -0.25) is 9.69 Å². The molecule has 2 saturated heterocycles. The van der Waals surface area contributed by atoms with Crippen molar-refractivity contribution in [3.8, 4) is 0 Å². The van der Waals surface area contributed by atoms with Crippen LogP contribution >= 0.6 is 0 Å². The van der Waals surface area contributed by atoms with Crippen LogP contribution in [-0.4, -0.2) is 29.8 Å². The fourth-order valence-electron chi connectivity index (χ4n) is 3.57. The average Bonchev–Trinajstić information content (AvgIpc) is 2.62. The van der Waals surface area contributed by atoms with Crippen molar-refractivity contribution in [2.75, 3.05) is 7.05 Å². The monoisotopic (exact) mass is 247 g/mol. The molecule has 0 radical (unpaired) electrons. The van der Waals surface area contributed by atoms with Crippen molar-refractivity contribution < 1.29 is 9.18 Å². The number of halogens is 1. The van der Waals surface area contributed by atoms with E-state index in [0.29, 0.717) is 17.6 Å². The van der Waals surface area contributed by atoms with Crippen molar-refractivity contribution >= 4 is 5.78 Å². The van der Waals surface area contributed by atoms with Crippen molar-refractivity contribution in [3.05, 3.63) is 35.6 Å². The standard InChI is InChI=1S/C15H18FNO/c1-17-12-6-8-13(14(17)9-7-12)15(18)10-2-4-11(16)5-3-10/h2-5,12-14H,6-9H2,1H3. The highest BCUT2D eigenvalue weighted by molar-refractivity contribution is 5.98. The van der Waals surface area contributed by atoms with Crippen molar-refractivity contribution in [1.82, 2.24) is 4.90 Å². The van der Waals surface area contributed by atoms with E-state index in [1.807, 2.05) is 0 Å². The van der Waals surface area contributed by atoms with Crippen molar-refractivity contribution in [2.24, 2.45) is 5.92 Å². The molecule has 3 heteroatoms. The van der Waals surface area contributed by atoms with Gasteiger partial charge in [0.15, 0.2) is 5.78 Å². The summed E-state index contributed by atoms with van der Waals surface area (Å²) in [6.45, 7) is 0. The molecule has 0 aliphatic carbocycles. The zero-order chi connectivity index (χ0) is 12.7. The van der Waals surface area contributed by atoms with Gasteiger partial charge in [0, 0.05) is 23.6 Å². The summed E-state index contributed by atoms with van der Waals surface area (Å²) < 4.78 is 12.9. The first-order valence-electron chi connectivity index (χ1n) is 6.68. The minimum atomic E-state index is -0.284. The van der Waals surface area contributed by atoms with E-state index in [9.17, 15) is 9.18 Å². The summed E-state index contributed by atoms with van der Waals surface area (Å²) in [4.78, 5) is 14.9. The van der Waals surface area contributed by atoms with E-state index < -0.39 is 0 Å². The van der Waals surface area contributed by atoms with Crippen LogP contribution in [0.2, 0.25) is 0 Å². The van der Waals surface area contributed by atoms with Crippen LogP contribution in [-0.2, 0) is 0 Å². The third kappa shape index (κ3) is 1.87. The van der Waals surface area contributed by atoms with Gasteiger partial charge in [0.1, 0.15) is 5.82 Å².